The molecule has 0 radical (unpaired) electrons. The lowest BCUT2D eigenvalue weighted by molar-refractivity contribution is -0.0659. The zero-order chi connectivity index (χ0) is 14.7. The van der Waals surface area contributed by atoms with Crippen molar-refractivity contribution in [2.75, 3.05) is 46.5 Å². The molecule has 3 saturated heterocycles. The van der Waals surface area contributed by atoms with Crippen molar-refractivity contribution in [3.63, 3.8) is 0 Å². The monoisotopic (exact) mass is 296 g/mol. The van der Waals surface area contributed by atoms with E-state index in [1.54, 1.807) is 7.11 Å². The Bertz CT molecular complexity index is 361. The fourth-order valence-corrected chi connectivity index (χ4v) is 4.19. The van der Waals surface area contributed by atoms with E-state index < -0.39 is 0 Å². The average molecular weight is 296 g/mol. The van der Waals surface area contributed by atoms with E-state index in [1.807, 2.05) is 9.80 Å². The average Bonchev–Trinajstić information content (AvgIpc) is 3.16. The number of carbonyl (C=O) groups excluding carboxylic acids is 1. The van der Waals surface area contributed by atoms with Crippen molar-refractivity contribution >= 4 is 6.03 Å². The third-order valence-electron chi connectivity index (χ3n) is 5.53. The number of hydrogen-bond acceptors (Lipinski definition) is 3. The first-order chi connectivity index (χ1) is 10.2. The van der Waals surface area contributed by atoms with Gasteiger partial charge in [0.25, 0.3) is 0 Å². The van der Waals surface area contributed by atoms with Gasteiger partial charge in [-0.15, -0.1) is 0 Å². The van der Waals surface area contributed by atoms with E-state index in [-0.39, 0.29) is 11.6 Å². The summed E-state index contributed by atoms with van der Waals surface area (Å²) in [5, 5.41) is 0. The minimum Gasteiger partial charge on any atom is -0.385 e. The Morgan fingerprint density at radius 3 is 2.52 bits per heavy atom. The lowest BCUT2D eigenvalue weighted by atomic mass is 9.78. The van der Waals surface area contributed by atoms with E-state index in [1.165, 1.54) is 0 Å². The maximum absolute atomic E-state index is 12.4. The van der Waals surface area contributed by atoms with Crippen LogP contribution in [0.1, 0.15) is 38.5 Å². The molecule has 1 atom stereocenters. The Morgan fingerprint density at radius 1 is 1.19 bits per heavy atom. The summed E-state index contributed by atoms with van der Waals surface area (Å²) in [5.41, 5.74) is 0.0142. The first kappa shape index (κ1) is 15.1. The summed E-state index contributed by atoms with van der Waals surface area (Å²) in [7, 11) is 1.76. The number of piperidine rings is 1. The Hall–Kier alpha value is -0.810. The maximum atomic E-state index is 12.4. The molecule has 3 fully saturated rings. The van der Waals surface area contributed by atoms with Gasteiger partial charge in [-0.2, -0.15) is 0 Å². The standard InChI is InChI=1S/C16H28N2O3/c1-20-12-4-14-5-13-21-16(14)6-10-18(11-7-16)15(19)17-8-2-3-9-17/h14H,2-13H2,1H3. The summed E-state index contributed by atoms with van der Waals surface area (Å²) in [6.07, 6.45) is 6.51. The van der Waals surface area contributed by atoms with Crippen molar-refractivity contribution in [1.29, 1.82) is 0 Å². The van der Waals surface area contributed by atoms with E-state index >= 15 is 0 Å². The van der Waals surface area contributed by atoms with Gasteiger partial charge >= 0.3 is 6.03 Å². The molecule has 0 aromatic heterocycles. The molecule has 5 heteroatoms. The highest BCUT2D eigenvalue weighted by Gasteiger charge is 2.46. The number of amides is 2. The van der Waals surface area contributed by atoms with Crippen LogP contribution in [0.2, 0.25) is 0 Å². The molecule has 0 aromatic carbocycles. The van der Waals surface area contributed by atoms with Crippen LogP contribution in [0.25, 0.3) is 0 Å². The molecule has 1 unspecified atom stereocenters. The summed E-state index contributed by atoms with van der Waals surface area (Å²) in [4.78, 5) is 16.5. The van der Waals surface area contributed by atoms with Crippen LogP contribution in [0.15, 0.2) is 0 Å². The molecule has 3 aliphatic rings. The molecule has 0 aliphatic carbocycles. The summed E-state index contributed by atoms with van der Waals surface area (Å²) in [5.74, 6) is 0.599. The third kappa shape index (κ3) is 3.04. The predicted octanol–water partition coefficient (Wildman–Crippen LogP) is 2.11. The van der Waals surface area contributed by atoms with Crippen LogP contribution in [-0.2, 0) is 9.47 Å². The van der Waals surface area contributed by atoms with E-state index in [0.29, 0.717) is 5.92 Å². The zero-order valence-corrected chi connectivity index (χ0v) is 13.2. The normalized spacial score (nSPS) is 28.5. The number of urea groups is 1. The van der Waals surface area contributed by atoms with Gasteiger partial charge < -0.3 is 19.3 Å². The van der Waals surface area contributed by atoms with Gasteiger partial charge in [-0.05, 0) is 44.4 Å². The van der Waals surface area contributed by atoms with Gasteiger partial charge in [-0.3, -0.25) is 0 Å². The highest BCUT2D eigenvalue weighted by atomic mass is 16.5. The summed E-state index contributed by atoms with van der Waals surface area (Å²) < 4.78 is 11.4. The Kier molecular flexibility index (Phi) is 4.69. The molecule has 0 N–H and O–H groups in total. The fourth-order valence-electron chi connectivity index (χ4n) is 4.19. The number of hydrogen-bond donors (Lipinski definition) is 0. The van der Waals surface area contributed by atoms with Gasteiger partial charge in [0.1, 0.15) is 0 Å². The fraction of sp³-hybridized carbons (Fsp3) is 0.938. The number of nitrogens with zero attached hydrogens (tertiary/aromatic N) is 2. The van der Waals surface area contributed by atoms with Crippen molar-refractivity contribution in [2.24, 2.45) is 5.92 Å². The molecular formula is C16H28N2O3. The van der Waals surface area contributed by atoms with Crippen LogP contribution in [0.4, 0.5) is 4.79 Å². The second kappa shape index (κ2) is 6.53. The first-order valence-corrected chi connectivity index (χ1v) is 8.42. The molecule has 3 rings (SSSR count). The SMILES string of the molecule is COCCC1CCOC12CCN(C(=O)N1CCCC1)CC2. The van der Waals surface area contributed by atoms with Gasteiger partial charge in [-0.1, -0.05) is 0 Å². The number of carbonyl (C=O) groups is 1. The molecule has 3 heterocycles. The third-order valence-corrected chi connectivity index (χ3v) is 5.53. The summed E-state index contributed by atoms with van der Waals surface area (Å²) in [6, 6.07) is 0.244. The van der Waals surface area contributed by atoms with E-state index in [9.17, 15) is 4.79 Å². The lowest BCUT2D eigenvalue weighted by Gasteiger charge is -2.43. The Morgan fingerprint density at radius 2 is 1.86 bits per heavy atom. The number of likely N-dealkylation sites (tertiary alicyclic amines) is 2. The summed E-state index contributed by atoms with van der Waals surface area (Å²) >= 11 is 0. The molecule has 0 aromatic rings. The Balaban J connectivity index is 1.55. The minimum absolute atomic E-state index is 0.0142. The maximum Gasteiger partial charge on any atom is 0.320 e. The van der Waals surface area contributed by atoms with Gasteiger partial charge in [-0.25, -0.2) is 4.79 Å². The van der Waals surface area contributed by atoms with Gasteiger partial charge in [0.15, 0.2) is 0 Å². The molecule has 120 valence electrons. The topological polar surface area (TPSA) is 42.0 Å². The lowest BCUT2D eigenvalue weighted by Crippen LogP contribution is -2.52. The van der Waals surface area contributed by atoms with Gasteiger partial charge in [0, 0.05) is 46.5 Å². The number of ether oxygens (including phenoxy) is 2. The van der Waals surface area contributed by atoms with E-state index in [4.69, 9.17) is 9.47 Å². The van der Waals surface area contributed by atoms with Crippen molar-refractivity contribution in [2.45, 2.75) is 44.1 Å². The van der Waals surface area contributed by atoms with Crippen molar-refractivity contribution in [1.82, 2.24) is 9.80 Å². The number of rotatable bonds is 3. The minimum atomic E-state index is 0.0142. The molecular weight excluding hydrogens is 268 g/mol. The van der Waals surface area contributed by atoms with Gasteiger partial charge in [0.05, 0.1) is 5.60 Å². The highest BCUT2D eigenvalue weighted by Crippen LogP contribution is 2.42. The van der Waals surface area contributed by atoms with Crippen LogP contribution in [-0.4, -0.2) is 67.9 Å². The molecule has 2 amide bonds. The van der Waals surface area contributed by atoms with Gasteiger partial charge in [0.2, 0.25) is 0 Å². The van der Waals surface area contributed by atoms with Crippen molar-refractivity contribution in [3.8, 4) is 0 Å². The zero-order valence-electron chi connectivity index (χ0n) is 13.2. The van der Waals surface area contributed by atoms with E-state index in [2.05, 4.69) is 0 Å². The Labute approximate surface area is 127 Å². The van der Waals surface area contributed by atoms with Crippen LogP contribution < -0.4 is 0 Å². The largest absolute Gasteiger partial charge is 0.385 e. The van der Waals surface area contributed by atoms with E-state index in [0.717, 1.165) is 77.9 Å². The predicted molar refractivity (Wildman–Crippen MR) is 80.3 cm³/mol. The van der Waals surface area contributed by atoms with Crippen LogP contribution in [0, 0.1) is 5.92 Å². The molecule has 1 spiro atoms. The van der Waals surface area contributed by atoms with Crippen molar-refractivity contribution < 1.29 is 14.3 Å². The molecule has 3 aliphatic heterocycles. The smallest absolute Gasteiger partial charge is 0.320 e. The summed E-state index contributed by atoms with van der Waals surface area (Å²) in [6.45, 7) is 5.25. The first-order valence-electron chi connectivity index (χ1n) is 8.42. The second-order valence-corrected chi connectivity index (χ2v) is 6.64. The molecule has 0 saturated carbocycles. The number of methoxy groups -OCH3 is 1. The molecule has 5 nitrogen and oxygen atoms in total. The van der Waals surface area contributed by atoms with Crippen LogP contribution in [0.3, 0.4) is 0 Å². The quantitative estimate of drug-likeness (QED) is 0.801. The van der Waals surface area contributed by atoms with Crippen LogP contribution >= 0.6 is 0 Å². The van der Waals surface area contributed by atoms with Crippen molar-refractivity contribution in [3.05, 3.63) is 0 Å². The molecule has 21 heavy (non-hydrogen) atoms. The second-order valence-electron chi connectivity index (χ2n) is 6.64. The van der Waals surface area contributed by atoms with Crippen LogP contribution in [0.5, 0.6) is 0 Å². The molecule has 0 bridgehead atoms. The highest BCUT2D eigenvalue weighted by molar-refractivity contribution is 5.74.